The second-order valence-electron chi connectivity index (χ2n) is 3.85. The molecular formula is C12H5Cl3F3NO. The number of hydrogen-bond donors (Lipinski definition) is 1. The molecular weight excluding hydrogens is 337 g/mol. The van der Waals surface area contributed by atoms with E-state index in [-0.39, 0.29) is 26.2 Å². The van der Waals surface area contributed by atoms with Gasteiger partial charge >= 0.3 is 6.18 Å². The Morgan fingerprint density at radius 2 is 1.65 bits per heavy atom. The number of aromatic amines is 1. The third kappa shape index (κ3) is 2.80. The van der Waals surface area contributed by atoms with Gasteiger partial charge in [0, 0.05) is 17.3 Å². The zero-order valence-corrected chi connectivity index (χ0v) is 11.8. The molecule has 1 N–H and O–H groups in total. The van der Waals surface area contributed by atoms with E-state index in [9.17, 15) is 18.0 Å². The van der Waals surface area contributed by atoms with Crippen molar-refractivity contribution in [2.45, 2.75) is 6.18 Å². The van der Waals surface area contributed by atoms with Crippen molar-refractivity contribution < 1.29 is 13.2 Å². The van der Waals surface area contributed by atoms with Gasteiger partial charge in [0.05, 0.1) is 20.6 Å². The number of aromatic nitrogens is 1. The van der Waals surface area contributed by atoms with E-state index in [1.165, 1.54) is 12.1 Å². The molecule has 0 aliphatic rings. The fourth-order valence-electron chi connectivity index (χ4n) is 1.58. The third-order valence-electron chi connectivity index (χ3n) is 2.56. The van der Waals surface area contributed by atoms with Crippen LogP contribution in [0.5, 0.6) is 0 Å². The van der Waals surface area contributed by atoms with Crippen molar-refractivity contribution in [3.63, 3.8) is 0 Å². The molecule has 0 saturated carbocycles. The first kappa shape index (κ1) is 15.2. The highest BCUT2D eigenvalue weighted by Gasteiger charge is 2.31. The van der Waals surface area contributed by atoms with Crippen LogP contribution in [0.1, 0.15) is 5.56 Å². The fraction of sp³-hybridized carbons (Fsp3) is 0.0833. The smallest absolute Gasteiger partial charge is 0.328 e. The zero-order chi connectivity index (χ0) is 15.1. The number of halogens is 6. The van der Waals surface area contributed by atoms with Gasteiger partial charge < -0.3 is 4.98 Å². The van der Waals surface area contributed by atoms with Gasteiger partial charge in [-0.3, -0.25) is 4.79 Å². The second kappa shape index (κ2) is 5.31. The van der Waals surface area contributed by atoms with Gasteiger partial charge in [-0.25, -0.2) is 0 Å². The van der Waals surface area contributed by atoms with E-state index in [4.69, 9.17) is 34.8 Å². The largest absolute Gasteiger partial charge is 0.417 e. The standard InChI is InChI=1S/C12H5Cl3F3NO/c13-8-2-1-6(9(14)10(8)15)7-3-5(12(16,17)18)4-19-11(7)20/h1-4H,(H,19,20). The van der Waals surface area contributed by atoms with Crippen molar-refractivity contribution in [3.05, 3.63) is 55.4 Å². The van der Waals surface area contributed by atoms with Crippen LogP contribution in [0.15, 0.2) is 29.2 Å². The molecule has 0 aliphatic carbocycles. The van der Waals surface area contributed by atoms with Gasteiger partial charge in [-0.2, -0.15) is 13.2 Å². The maximum absolute atomic E-state index is 12.7. The zero-order valence-electron chi connectivity index (χ0n) is 9.49. The molecule has 1 heterocycles. The van der Waals surface area contributed by atoms with Crippen LogP contribution in [0.25, 0.3) is 11.1 Å². The summed E-state index contributed by atoms with van der Waals surface area (Å²) >= 11 is 17.5. The first-order chi connectivity index (χ1) is 9.21. The number of pyridine rings is 1. The lowest BCUT2D eigenvalue weighted by Crippen LogP contribution is -2.14. The third-order valence-corrected chi connectivity index (χ3v) is 3.85. The van der Waals surface area contributed by atoms with E-state index in [0.29, 0.717) is 12.3 Å². The highest BCUT2D eigenvalue weighted by atomic mass is 35.5. The average Bonchev–Trinajstić information content (AvgIpc) is 2.36. The molecule has 1 aromatic carbocycles. The van der Waals surface area contributed by atoms with E-state index in [0.717, 1.165) is 0 Å². The second-order valence-corrected chi connectivity index (χ2v) is 5.01. The molecule has 0 radical (unpaired) electrons. The van der Waals surface area contributed by atoms with Crippen molar-refractivity contribution in [2.24, 2.45) is 0 Å². The van der Waals surface area contributed by atoms with E-state index in [1.54, 1.807) is 0 Å². The first-order valence-electron chi connectivity index (χ1n) is 5.15. The summed E-state index contributed by atoms with van der Waals surface area (Å²) in [6.07, 6.45) is -3.99. The predicted octanol–water partition coefficient (Wildman–Crippen LogP) is 5.02. The lowest BCUT2D eigenvalue weighted by molar-refractivity contribution is -0.137. The van der Waals surface area contributed by atoms with Gasteiger partial charge in [-0.1, -0.05) is 40.9 Å². The maximum atomic E-state index is 12.7. The molecule has 2 nitrogen and oxygen atoms in total. The minimum atomic E-state index is -4.58. The molecule has 0 saturated heterocycles. The highest BCUT2D eigenvalue weighted by molar-refractivity contribution is 6.49. The Balaban J connectivity index is 2.70. The van der Waals surface area contributed by atoms with Crippen molar-refractivity contribution in [1.82, 2.24) is 4.98 Å². The van der Waals surface area contributed by atoms with Crippen molar-refractivity contribution >= 4 is 34.8 Å². The van der Waals surface area contributed by atoms with E-state index < -0.39 is 17.3 Å². The van der Waals surface area contributed by atoms with Crippen molar-refractivity contribution in [2.75, 3.05) is 0 Å². The summed E-state index contributed by atoms with van der Waals surface area (Å²) in [7, 11) is 0. The summed E-state index contributed by atoms with van der Waals surface area (Å²) in [4.78, 5) is 13.7. The Morgan fingerprint density at radius 1 is 1.00 bits per heavy atom. The van der Waals surface area contributed by atoms with Crippen LogP contribution < -0.4 is 5.56 Å². The quantitative estimate of drug-likeness (QED) is 0.725. The maximum Gasteiger partial charge on any atom is 0.417 e. The van der Waals surface area contributed by atoms with E-state index in [2.05, 4.69) is 0 Å². The Labute approximate surface area is 126 Å². The molecule has 20 heavy (non-hydrogen) atoms. The van der Waals surface area contributed by atoms with Crippen LogP contribution in [0, 0.1) is 0 Å². The van der Waals surface area contributed by atoms with E-state index >= 15 is 0 Å². The lowest BCUT2D eigenvalue weighted by atomic mass is 10.1. The fourth-order valence-corrected chi connectivity index (χ4v) is 2.22. The van der Waals surface area contributed by atoms with Crippen LogP contribution in [0.3, 0.4) is 0 Å². The summed E-state index contributed by atoms with van der Waals surface area (Å²) in [5.41, 5.74) is -1.86. The van der Waals surface area contributed by atoms with Crippen molar-refractivity contribution in [1.29, 1.82) is 0 Å². The first-order valence-corrected chi connectivity index (χ1v) is 6.29. The number of nitrogens with one attached hydrogen (secondary N) is 1. The Kier molecular flexibility index (Phi) is 4.04. The molecule has 0 spiro atoms. The summed E-state index contributed by atoms with van der Waals surface area (Å²) in [5.74, 6) is 0. The Hall–Kier alpha value is -1.17. The van der Waals surface area contributed by atoms with Crippen LogP contribution >= 0.6 is 34.8 Å². The minimum Gasteiger partial charge on any atom is -0.328 e. The van der Waals surface area contributed by atoms with Gasteiger partial charge in [0.2, 0.25) is 0 Å². The molecule has 0 fully saturated rings. The molecule has 1 aromatic heterocycles. The van der Waals surface area contributed by atoms with Gasteiger partial charge in [-0.15, -0.1) is 0 Å². The number of H-pyrrole nitrogens is 1. The summed E-state index contributed by atoms with van der Waals surface area (Å²) < 4.78 is 38.0. The molecule has 2 aromatic rings. The molecule has 2 rings (SSSR count). The Morgan fingerprint density at radius 3 is 2.25 bits per heavy atom. The van der Waals surface area contributed by atoms with Crippen LogP contribution in [0.2, 0.25) is 15.1 Å². The topological polar surface area (TPSA) is 32.9 Å². The van der Waals surface area contributed by atoms with Crippen LogP contribution in [-0.4, -0.2) is 4.98 Å². The predicted molar refractivity (Wildman–Crippen MR) is 72.5 cm³/mol. The molecule has 0 amide bonds. The molecule has 106 valence electrons. The molecule has 0 bridgehead atoms. The van der Waals surface area contributed by atoms with Gasteiger partial charge in [0.15, 0.2) is 0 Å². The summed E-state index contributed by atoms with van der Waals surface area (Å²) in [6, 6.07) is 3.40. The van der Waals surface area contributed by atoms with Gasteiger partial charge in [0.25, 0.3) is 5.56 Å². The number of hydrogen-bond acceptors (Lipinski definition) is 1. The molecule has 0 atom stereocenters. The monoisotopic (exact) mass is 341 g/mol. The molecule has 8 heteroatoms. The number of benzene rings is 1. The van der Waals surface area contributed by atoms with Crippen LogP contribution in [-0.2, 0) is 6.18 Å². The van der Waals surface area contributed by atoms with Crippen molar-refractivity contribution in [3.8, 4) is 11.1 Å². The Bertz CT molecular complexity index is 725. The highest BCUT2D eigenvalue weighted by Crippen LogP contribution is 2.38. The lowest BCUT2D eigenvalue weighted by Gasteiger charge is -2.10. The number of rotatable bonds is 1. The minimum absolute atomic E-state index is 0.0253. The van der Waals surface area contributed by atoms with Crippen LogP contribution in [0.4, 0.5) is 13.2 Å². The summed E-state index contributed by atoms with van der Waals surface area (Å²) in [6.45, 7) is 0. The number of alkyl halides is 3. The van der Waals surface area contributed by atoms with Gasteiger partial charge in [0.1, 0.15) is 0 Å². The average molecular weight is 343 g/mol. The normalized spacial score (nSPS) is 11.7. The van der Waals surface area contributed by atoms with E-state index in [1.807, 2.05) is 4.98 Å². The molecule has 0 unspecified atom stereocenters. The summed E-state index contributed by atoms with van der Waals surface area (Å²) in [5, 5.41) is 0.0375. The molecule has 0 aliphatic heterocycles. The van der Waals surface area contributed by atoms with Gasteiger partial charge in [-0.05, 0) is 12.1 Å². The SMILES string of the molecule is O=c1[nH]cc(C(F)(F)F)cc1-c1ccc(Cl)c(Cl)c1Cl.